The SMILES string of the molecule is C#CCOc1ccc(CCC(=S)NCc2cccc3ccccc23)cc1OC. The fraction of sp³-hybridized carbons (Fsp3) is 0.208. The van der Waals surface area contributed by atoms with Crippen LogP contribution in [0.25, 0.3) is 10.8 Å². The molecule has 0 unspecified atom stereocenters. The van der Waals surface area contributed by atoms with Crippen LogP contribution in [0, 0.1) is 12.3 Å². The summed E-state index contributed by atoms with van der Waals surface area (Å²) >= 11 is 5.53. The maximum absolute atomic E-state index is 5.53. The Labute approximate surface area is 171 Å². The van der Waals surface area contributed by atoms with Crippen molar-refractivity contribution in [1.29, 1.82) is 0 Å². The molecule has 0 aliphatic carbocycles. The Morgan fingerprint density at radius 1 is 1.07 bits per heavy atom. The summed E-state index contributed by atoms with van der Waals surface area (Å²) in [6, 6.07) is 20.6. The molecule has 1 N–H and O–H groups in total. The molecule has 0 amide bonds. The first-order chi connectivity index (χ1) is 13.7. The van der Waals surface area contributed by atoms with Crippen LogP contribution in [0.4, 0.5) is 0 Å². The molecule has 0 saturated heterocycles. The summed E-state index contributed by atoms with van der Waals surface area (Å²) in [7, 11) is 1.62. The second kappa shape index (κ2) is 9.77. The standard InChI is InChI=1S/C24H23NO2S/c1-3-15-27-22-13-11-18(16-23(22)26-2)12-14-24(28)25-17-20-9-6-8-19-7-4-5-10-21(19)20/h1,4-11,13,16H,12,14-15,17H2,2H3,(H,25,28). The first kappa shape index (κ1) is 19.7. The molecule has 142 valence electrons. The first-order valence-electron chi connectivity index (χ1n) is 9.18. The number of ether oxygens (including phenoxy) is 2. The van der Waals surface area contributed by atoms with E-state index in [-0.39, 0.29) is 6.61 Å². The number of fused-ring (bicyclic) bond motifs is 1. The zero-order chi connectivity index (χ0) is 19.8. The van der Waals surface area contributed by atoms with E-state index in [4.69, 9.17) is 28.1 Å². The van der Waals surface area contributed by atoms with Crippen LogP contribution < -0.4 is 14.8 Å². The van der Waals surface area contributed by atoms with Crippen molar-refractivity contribution in [2.24, 2.45) is 0 Å². The van der Waals surface area contributed by atoms with Gasteiger partial charge in [0.2, 0.25) is 0 Å². The fourth-order valence-electron chi connectivity index (χ4n) is 3.09. The molecular formula is C24H23NO2S. The highest BCUT2D eigenvalue weighted by molar-refractivity contribution is 7.80. The smallest absolute Gasteiger partial charge is 0.162 e. The van der Waals surface area contributed by atoms with Gasteiger partial charge in [-0.3, -0.25) is 0 Å². The molecule has 0 fully saturated rings. The largest absolute Gasteiger partial charge is 0.493 e. The average molecular weight is 390 g/mol. The Kier molecular flexibility index (Phi) is 6.89. The lowest BCUT2D eigenvalue weighted by atomic mass is 10.0. The Morgan fingerprint density at radius 3 is 2.71 bits per heavy atom. The molecule has 3 aromatic rings. The van der Waals surface area contributed by atoms with E-state index in [9.17, 15) is 0 Å². The van der Waals surface area contributed by atoms with Crippen molar-refractivity contribution < 1.29 is 9.47 Å². The van der Waals surface area contributed by atoms with Crippen molar-refractivity contribution >= 4 is 28.0 Å². The van der Waals surface area contributed by atoms with Crippen molar-refractivity contribution in [3.8, 4) is 23.8 Å². The van der Waals surface area contributed by atoms with E-state index in [0.29, 0.717) is 11.5 Å². The lowest BCUT2D eigenvalue weighted by Crippen LogP contribution is -2.21. The van der Waals surface area contributed by atoms with Gasteiger partial charge < -0.3 is 14.8 Å². The summed E-state index contributed by atoms with van der Waals surface area (Å²) in [5.74, 6) is 3.79. The van der Waals surface area contributed by atoms with Gasteiger partial charge in [0.05, 0.1) is 12.1 Å². The minimum atomic E-state index is 0.220. The van der Waals surface area contributed by atoms with E-state index in [0.717, 1.165) is 29.9 Å². The van der Waals surface area contributed by atoms with E-state index >= 15 is 0 Å². The molecule has 0 saturated carbocycles. The fourth-order valence-corrected chi connectivity index (χ4v) is 3.27. The van der Waals surface area contributed by atoms with Crippen molar-refractivity contribution in [1.82, 2.24) is 5.32 Å². The van der Waals surface area contributed by atoms with Gasteiger partial charge in [-0.1, -0.05) is 66.7 Å². The molecule has 3 nitrogen and oxygen atoms in total. The van der Waals surface area contributed by atoms with Crippen LogP contribution in [0.5, 0.6) is 11.5 Å². The van der Waals surface area contributed by atoms with E-state index in [2.05, 4.69) is 53.7 Å². The molecule has 3 aromatic carbocycles. The van der Waals surface area contributed by atoms with Crippen LogP contribution in [-0.2, 0) is 13.0 Å². The highest BCUT2D eigenvalue weighted by atomic mass is 32.1. The number of hydrogen-bond donors (Lipinski definition) is 1. The molecule has 4 heteroatoms. The van der Waals surface area contributed by atoms with Gasteiger partial charge in [-0.2, -0.15) is 0 Å². The summed E-state index contributed by atoms with van der Waals surface area (Å²) in [6.45, 7) is 0.945. The highest BCUT2D eigenvalue weighted by Gasteiger charge is 2.07. The predicted octanol–water partition coefficient (Wildman–Crippen LogP) is 4.91. The van der Waals surface area contributed by atoms with Crippen LogP contribution in [0.3, 0.4) is 0 Å². The second-order valence-corrected chi connectivity index (χ2v) is 6.89. The predicted molar refractivity (Wildman–Crippen MR) is 119 cm³/mol. The molecular weight excluding hydrogens is 366 g/mol. The Morgan fingerprint density at radius 2 is 1.89 bits per heavy atom. The Bertz CT molecular complexity index is 1000. The van der Waals surface area contributed by atoms with Crippen LogP contribution in [-0.4, -0.2) is 18.7 Å². The van der Waals surface area contributed by atoms with Crippen LogP contribution in [0.2, 0.25) is 0 Å². The lowest BCUT2D eigenvalue weighted by Gasteiger charge is -2.12. The van der Waals surface area contributed by atoms with E-state index in [1.807, 2.05) is 18.2 Å². The van der Waals surface area contributed by atoms with Gasteiger partial charge in [-0.05, 0) is 40.5 Å². The summed E-state index contributed by atoms with van der Waals surface area (Å²) in [5, 5.41) is 5.88. The molecule has 0 bridgehead atoms. The third-order valence-corrected chi connectivity index (χ3v) is 4.88. The highest BCUT2D eigenvalue weighted by Crippen LogP contribution is 2.28. The van der Waals surface area contributed by atoms with Gasteiger partial charge in [-0.25, -0.2) is 0 Å². The van der Waals surface area contributed by atoms with Gasteiger partial charge in [0.15, 0.2) is 11.5 Å². The molecule has 0 atom stereocenters. The zero-order valence-electron chi connectivity index (χ0n) is 15.9. The Hall–Kier alpha value is -3.03. The molecule has 0 aliphatic rings. The summed E-state index contributed by atoms with van der Waals surface area (Å²) in [6.07, 6.45) is 6.84. The summed E-state index contributed by atoms with van der Waals surface area (Å²) < 4.78 is 10.9. The average Bonchev–Trinajstić information content (AvgIpc) is 2.74. The number of aryl methyl sites for hydroxylation is 1. The maximum Gasteiger partial charge on any atom is 0.162 e. The first-order valence-corrected chi connectivity index (χ1v) is 9.58. The van der Waals surface area contributed by atoms with Crippen molar-refractivity contribution in [2.75, 3.05) is 13.7 Å². The van der Waals surface area contributed by atoms with E-state index in [1.165, 1.54) is 16.3 Å². The lowest BCUT2D eigenvalue weighted by molar-refractivity contribution is 0.330. The number of methoxy groups -OCH3 is 1. The topological polar surface area (TPSA) is 30.5 Å². The van der Waals surface area contributed by atoms with Gasteiger partial charge in [0.1, 0.15) is 6.61 Å². The van der Waals surface area contributed by atoms with Crippen molar-refractivity contribution in [3.63, 3.8) is 0 Å². The second-order valence-electron chi connectivity index (χ2n) is 6.39. The quantitative estimate of drug-likeness (QED) is 0.438. The molecule has 0 spiro atoms. The number of nitrogens with one attached hydrogen (secondary N) is 1. The molecule has 0 heterocycles. The van der Waals surface area contributed by atoms with E-state index in [1.54, 1.807) is 7.11 Å². The number of benzene rings is 3. The Balaban J connectivity index is 1.56. The monoisotopic (exact) mass is 389 g/mol. The van der Waals surface area contributed by atoms with Crippen LogP contribution >= 0.6 is 12.2 Å². The molecule has 3 rings (SSSR count). The third kappa shape index (κ3) is 5.03. The van der Waals surface area contributed by atoms with Gasteiger partial charge >= 0.3 is 0 Å². The number of thiocarbonyl (C=S) groups is 1. The molecule has 0 aliphatic heterocycles. The molecule has 0 radical (unpaired) electrons. The van der Waals surface area contributed by atoms with Crippen LogP contribution in [0.15, 0.2) is 60.7 Å². The normalized spacial score (nSPS) is 10.3. The summed E-state index contributed by atoms with van der Waals surface area (Å²) in [5.41, 5.74) is 2.39. The number of terminal acetylenes is 1. The summed E-state index contributed by atoms with van der Waals surface area (Å²) in [4.78, 5) is 0.847. The molecule has 28 heavy (non-hydrogen) atoms. The van der Waals surface area contributed by atoms with Crippen molar-refractivity contribution in [3.05, 3.63) is 71.8 Å². The van der Waals surface area contributed by atoms with Crippen molar-refractivity contribution in [2.45, 2.75) is 19.4 Å². The number of hydrogen-bond acceptors (Lipinski definition) is 3. The zero-order valence-corrected chi connectivity index (χ0v) is 16.7. The molecule has 0 aromatic heterocycles. The van der Waals surface area contributed by atoms with Gasteiger partial charge in [-0.15, -0.1) is 6.42 Å². The van der Waals surface area contributed by atoms with E-state index < -0.39 is 0 Å². The van der Waals surface area contributed by atoms with Crippen LogP contribution in [0.1, 0.15) is 17.5 Å². The minimum absolute atomic E-state index is 0.220. The maximum atomic E-state index is 5.53. The third-order valence-electron chi connectivity index (χ3n) is 4.54. The minimum Gasteiger partial charge on any atom is -0.493 e. The van der Waals surface area contributed by atoms with Gasteiger partial charge in [0, 0.05) is 13.0 Å². The number of rotatable bonds is 8. The van der Waals surface area contributed by atoms with Gasteiger partial charge in [0.25, 0.3) is 0 Å².